The Kier molecular flexibility index (Phi) is 5.10. The van der Waals surface area contributed by atoms with Crippen molar-refractivity contribution in [3.8, 4) is 5.75 Å². The van der Waals surface area contributed by atoms with Crippen LogP contribution < -0.4 is 15.2 Å². The molecule has 1 saturated heterocycles. The number of carbonyl (C=O) groups excluding carboxylic acids is 1. The molecule has 1 aromatic heterocycles. The first-order valence-electron chi connectivity index (χ1n) is 9.26. The molecule has 1 fully saturated rings. The summed E-state index contributed by atoms with van der Waals surface area (Å²) in [7, 11) is -3.83. The first-order chi connectivity index (χ1) is 13.9. The van der Waals surface area contributed by atoms with Crippen LogP contribution in [0.5, 0.6) is 5.75 Å². The van der Waals surface area contributed by atoms with Gasteiger partial charge in [0.05, 0.1) is 17.9 Å². The summed E-state index contributed by atoms with van der Waals surface area (Å²) in [5.74, 6) is 0.500. The molecule has 29 heavy (non-hydrogen) atoms. The van der Waals surface area contributed by atoms with Gasteiger partial charge in [-0.1, -0.05) is 6.07 Å². The average molecular weight is 415 g/mol. The van der Waals surface area contributed by atoms with E-state index in [0.717, 1.165) is 12.8 Å². The minimum Gasteiger partial charge on any atom is -0.492 e. The van der Waals surface area contributed by atoms with Gasteiger partial charge in [0, 0.05) is 37.0 Å². The molecule has 1 aromatic carbocycles. The van der Waals surface area contributed by atoms with Crippen molar-refractivity contribution in [2.45, 2.75) is 12.8 Å². The summed E-state index contributed by atoms with van der Waals surface area (Å²) in [5, 5.41) is 0. The molecule has 9 nitrogen and oxygen atoms in total. The number of nitrogens with two attached hydrogens (primary N) is 1. The Morgan fingerprint density at radius 3 is 2.86 bits per heavy atom. The smallest absolute Gasteiger partial charge is 0.344 e. The quantitative estimate of drug-likeness (QED) is 0.777. The van der Waals surface area contributed by atoms with Crippen LogP contribution in [0.2, 0.25) is 0 Å². The summed E-state index contributed by atoms with van der Waals surface area (Å²) in [6.45, 7) is 1.68. The Morgan fingerprint density at radius 2 is 2.07 bits per heavy atom. The predicted molar refractivity (Wildman–Crippen MR) is 108 cm³/mol. The highest BCUT2D eigenvalue weighted by Crippen LogP contribution is 2.31. The van der Waals surface area contributed by atoms with Crippen molar-refractivity contribution >= 4 is 27.6 Å². The number of carbonyl (C=O) groups is 1. The summed E-state index contributed by atoms with van der Waals surface area (Å²) >= 11 is 0. The van der Waals surface area contributed by atoms with Gasteiger partial charge < -0.3 is 15.4 Å². The minimum absolute atomic E-state index is 0.0139. The van der Waals surface area contributed by atoms with E-state index >= 15 is 0 Å². The zero-order valence-corrected chi connectivity index (χ0v) is 16.4. The number of ether oxygens (including phenoxy) is 1. The topological polar surface area (TPSA) is 127 Å². The van der Waals surface area contributed by atoms with Gasteiger partial charge in [-0.3, -0.25) is 14.5 Å². The van der Waals surface area contributed by atoms with Crippen molar-refractivity contribution in [1.29, 1.82) is 0 Å². The van der Waals surface area contributed by atoms with Crippen LogP contribution in [-0.4, -0.2) is 49.7 Å². The number of fused-ring (bicyclic) bond motifs is 1. The number of pyridine rings is 1. The molecule has 152 valence electrons. The van der Waals surface area contributed by atoms with Crippen LogP contribution in [0.3, 0.4) is 0 Å². The van der Waals surface area contributed by atoms with Crippen LogP contribution in [0.15, 0.2) is 47.1 Å². The van der Waals surface area contributed by atoms with E-state index in [1.807, 2.05) is 4.90 Å². The third-order valence-corrected chi connectivity index (χ3v) is 5.86. The van der Waals surface area contributed by atoms with Crippen LogP contribution in [0.1, 0.15) is 28.8 Å². The maximum absolute atomic E-state index is 12.7. The predicted octanol–water partition coefficient (Wildman–Crippen LogP) is 1.39. The second kappa shape index (κ2) is 7.70. The van der Waals surface area contributed by atoms with Crippen LogP contribution in [-0.2, 0) is 10.2 Å². The summed E-state index contributed by atoms with van der Waals surface area (Å²) in [4.78, 5) is 18.5. The molecule has 2 aromatic rings. The fraction of sp³-hybridized carbons (Fsp3) is 0.316. The van der Waals surface area contributed by atoms with Crippen LogP contribution in [0.25, 0.3) is 0 Å². The second-order valence-corrected chi connectivity index (χ2v) is 8.38. The van der Waals surface area contributed by atoms with E-state index in [2.05, 4.69) is 14.1 Å². The van der Waals surface area contributed by atoms with Crippen molar-refractivity contribution < 1.29 is 17.9 Å². The summed E-state index contributed by atoms with van der Waals surface area (Å²) in [6.07, 6.45) is 5.04. The maximum atomic E-state index is 12.7. The average Bonchev–Trinajstić information content (AvgIpc) is 2.71. The Bertz CT molecular complexity index is 1060. The number of benzene rings is 1. The minimum atomic E-state index is -3.83. The molecular formula is C19H21N5O4S. The van der Waals surface area contributed by atoms with Gasteiger partial charge in [0.2, 0.25) is 0 Å². The fourth-order valence-electron chi connectivity index (χ4n) is 3.61. The molecule has 1 amide bonds. The highest BCUT2D eigenvalue weighted by Gasteiger charge is 2.27. The molecule has 4 rings (SSSR count). The van der Waals surface area contributed by atoms with Gasteiger partial charge in [0.25, 0.3) is 5.91 Å². The fourth-order valence-corrected chi connectivity index (χ4v) is 4.45. The van der Waals surface area contributed by atoms with Gasteiger partial charge in [0.1, 0.15) is 5.75 Å². The molecule has 3 heterocycles. The zero-order valence-electron chi connectivity index (χ0n) is 15.6. The molecule has 0 bridgehead atoms. The summed E-state index contributed by atoms with van der Waals surface area (Å²) < 4.78 is 35.2. The molecule has 0 spiro atoms. The number of nitrogens with one attached hydrogen (secondary N) is 1. The van der Waals surface area contributed by atoms with Crippen molar-refractivity contribution in [2.75, 3.05) is 24.4 Å². The molecule has 0 aliphatic carbocycles. The standard InChI is InChI=1S/C19H21N5O4S/c20-18-17-15(22-29(26,27)23-18)4-1-5-16(17)28-12-13-3-2-10-24(11-13)19(25)14-6-8-21-9-7-14/h1,4-9,13,22H,2-3,10-12H2,(H2,20,23)/t13-/m0/s1. The molecule has 0 radical (unpaired) electrons. The Balaban J connectivity index is 1.44. The number of hydrogen-bond acceptors (Lipinski definition) is 6. The first-order valence-corrected chi connectivity index (χ1v) is 10.7. The SMILES string of the molecule is NC1=NS(=O)(=O)Nc2cccc(OC[C@H]3CCCN(C(=O)c4ccncc4)C3)c21. The molecular weight excluding hydrogens is 394 g/mol. The van der Waals surface area contributed by atoms with Crippen molar-refractivity contribution in [1.82, 2.24) is 9.88 Å². The second-order valence-electron chi connectivity index (χ2n) is 7.04. The molecule has 0 saturated carbocycles. The maximum Gasteiger partial charge on any atom is 0.344 e. The highest BCUT2D eigenvalue weighted by molar-refractivity contribution is 7.91. The van der Waals surface area contributed by atoms with E-state index in [1.54, 1.807) is 42.7 Å². The number of nitrogens with zero attached hydrogens (tertiary/aromatic N) is 3. The zero-order chi connectivity index (χ0) is 20.4. The molecule has 10 heteroatoms. The lowest BCUT2D eigenvalue weighted by atomic mass is 9.98. The lowest BCUT2D eigenvalue weighted by Crippen LogP contribution is -2.41. The van der Waals surface area contributed by atoms with E-state index in [9.17, 15) is 13.2 Å². The van der Waals surface area contributed by atoms with E-state index in [4.69, 9.17) is 10.5 Å². The summed E-state index contributed by atoms with van der Waals surface area (Å²) in [6, 6.07) is 8.44. The number of amidine groups is 1. The normalized spacial score (nSPS) is 20.2. The van der Waals surface area contributed by atoms with E-state index in [-0.39, 0.29) is 17.7 Å². The number of anilines is 1. The van der Waals surface area contributed by atoms with E-state index < -0.39 is 10.2 Å². The van der Waals surface area contributed by atoms with Gasteiger partial charge >= 0.3 is 10.2 Å². The Hall–Kier alpha value is -3.14. The third kappa shape index (κ3) is 4.16. The number of piperidine rings is 1. The molecule has 2 aliphatic rings. The van der Waals surface area contributed by atoms with Gasteiger partial charge in [-0.25, -0.2) is 0 Å². The van der Waals surface area contributed by atoms with Crippen LogP contribution >= 0.6 is 0 Å². The van der Waals surface area contributed by atoms with Gasteiger partial charge in [-0.15, -0.1) is 4.40 Å². The van der Waals surface area contributed by atoms with Crippen molar-refractivity contribution in [2.24, 2.45) is 16.0 Å². The van der Waals surface area contributed by atoms with E-state index in [1.165, 1.54) is 0 Å². The number of likely N-dealkylation sites (tertiary alicyclic amines) is 1. The monoisotopic (exact) mass is 415 g/mol. The van der Waals surface area contributed by atoms with Gasteiger partial charge in [-0.2, -0.15) is 8.42 Å². The van der Waals surface area contributed by atoms with Crippen LogP contribution in [0.4, 0.5) is 5.69 Å². The first kappa shape index (κ1) is 19.2. The number of rotatable bonds is 4. The third-order valence-electron chi connectivity index (χ3n) is 4.95. The Morgan fingerprint density at radius 1 is 1.28 bits per heavy atom. The lowest BCUT2D eigenvalue weighted by Gasteiger charge is -2.33. The number of hydrogen-bond donors (Lipinski definition) is 2. The molecule has 2 aliphatic heterocycles. The number of amides is 1. The van der Waals surface area contributed by atoms with Crippen molar-refractivity contribution in [3.63, 3.8) is 0 Å². The molecule has 3 N–H and O–H groups in total. The van der Waals surface area contributed by atoms with Crippen LogP contribution in [0, 0.1) is 5.92 Å². The van der Waals surface area contributed by atoms with Gasteiger partial charge in [-0.05, 0) is 37.1 Å². The number of aromatic nitrogens is 1. The van der Waals surface area contributed by atoms with E-state index in [0.29, 0.717) is 42.3 Å². The molecule has 1 atom stereocenters. The largest absolute Gasteiger partial charge is 0.492 e. The Labute approximate surface area is 168 Å². The highest BCUT2D eigenvalue weighted by atomic mass is 32.2. The van der Waals surface area contributed by atoms with Gasteiger partial charge in [0.15, 0.2) is 5.84 Å². The summed E-state index contributed by atoms with van der Waals surface area (Å²) in [5.41, 5.74) is 7.24. The lowest BCUT2D eigenvalue weighted by molar-refractivity contribution is 0.0633. The molecule has 0 unspecified atom stereocenters. The van der Waals surface area contributed by atoms with Crippen molar-refractivity contribution in [3.05, 3.63) is 53.9 Å².